The Bertz CT molecular complexity index is 452. The second-order valence-electron chi connectivity index (χ2n) is 3.31. The summed E-state index contributed by atoms with van der Waals surface area (Å²) in [6.07, 6.45) is 3.28. The van der Waals surface area contributed by atoms with E-state index in [1.807, 2.05) is 0 Å². The molecule has 1 aromatic carbocycles. The number of benzene rings is 1. The van der Waals surface area contributed by atoms with E-state index in [2.05, 4.69) is 13.2 Å². The number of aromatic hydroxyl groups is 1. The van der Waals surface area contributed by atoms with E-state index in [0.29, 0.717) is 12.0 Å². The molecule has 0 heterocycles. The number of carbonyl (C=O) groups excluding carboxylic acids is 1. The first-order valence-corrected chi connectivity index (χ1v) is 5.01. The van der Waals surface area contributed by atoms with Crippen molar-refractivity contribution in [2.24, 2.45) is 0 Å². The number of carbonyl (C=O) groups is 1. The van der Waals surface area contributed by atoms with Gasteiger partial charge in [0.05, 0.1) is 0 Å². The lowest BCUT2D eigenvalue weighted by atomic mass is 10.0. The van der Waals surface area contributed by atoms with Crippen molar-refractivity contribution in [1.82, 2.24) is 0 Å². The molecule has 90 valence electrons. The summed E-state index contributed by atoms with van der Waals surface area (Å²) in [5, 5.41) is 9.54. The Morgan fingerprint density at radius 1 is 1.41 bits per heavy atom. The highest BCUT2D eigenvalue weighted by Gasteiger charge is 2.20. The molecular weight excluding hydrogens is 223 g/mol. The van der Waals surface area contributed by atoms with Gasteiger partial charge >= 0.3 is 5.97 Å². The molecule has 0 saturated carbocycles. The molecule has 17 heavy (non-hydrogen) atoms. The topological polar surface area (TPSA) is 46.5 Å². The van der Waals surface area contributed by atoms with E-state index in [1.165, 1.54) is 12.1 Å². The lowest BCUT2D eigenvalue weighted by Gasteiger charge is -2.09. The number of rotatable bonds is 5. The molecular formula is C13H13FO3. The average Bonchev–Trinajstić information content (AvgIpc) is 2.31. The van der Waals surface area contributed by atoms with Gasteiger partial charge in [0.2, 0.25) is 0 Å². The highest BCUT2D eigenvalue weighted by atomic mass is 19.1. The van der Waals surface area contributed by atoms with Crippen LogP contribution in [-0.4, -0.2) is 17.7 Å². The van der Waals surface area contributed by atoms with Gasteiger partial charge in [-0.2, -0.15) is 0 Å². The van der Waals surface area contributed by atoms with Crippen LogP contribution in [-0.2, 0) is 11.2 Å². The zero-order chi connectivity index (χ0) is 12.8. The van der Waals surface area contributed by atoms with E-state index in [9.17, 15) is 14.3 Å². The molecule has 1 N–H and O–H groups in total. The molecule has 0 atom stereocenters. The Balaban J connectivity index is 3.16. The number of phenols is 1. The SMILES string of the molecule is C=CCOC(=O)c1c(CC=C)ccc(F)c1O. The minimum absolute atomic E-state index is 0.00230. The smallest absolute Gasteiger partial charge is 0.342 e. The first-order valence-electron chi connectivity index (χ1n) is 5.01. The molecule has 1 aromatic rings. The quantitative estimate of drug-likeness (QED) is 0.631. The van der Waals surface area contributed by atoms with Gasteiger partial charge in [-0.1, -0.05) is 24.8 Å². The predicted octanol–water partition coefficient (Wildman–Crippen LogP) is 2.60. The Hall–Kier alpha value is -2.10. The maximum Gasteiger partial charge on any atom is 0.342 e. The van der Waals surface area contributed by atoms with Gasteiger partial charge in [0.25, 0.3) is 0 Å². The fraction of sp³-hybridized carbons (Fsp3) is 0.154. The fourth-order valence-corrected chi connectivity index (χ4v) is 1.37. The van der Waals surface area contributed by atoms with Crippen LogP contribution >= 0.6 is 0 Å². The molecule has 3 nitrogen and oxygen atoms in total. The summed E-state index contributed by atoms with van der Waals surface area (Å²) in [6, 6.07) is 2.51. The molecule has 0 radical (unpaired) electrons. The number of hydrogen-bond acceptors (Lipinski definition) is 3. The van der Waals surface area contributed by atoms with E-state index in [-0.39, 0.29) is 12.2 Å². The lowest BCUT2D eigenvalue weighted by molar-refractivity contribution is 0.0544. The summed E-state index contributed by atoms with van der Waals surface area (Å²) in [6.45, 7) is 6.92. The molecule has 1 rings (SSSR count). The second kappa shape index (κ2) is 5.84. The van der Waals surface area contributed by atoms with E-state index in [1.54, 1.807) is 6.08 Å². The Morgan fingerprint density at radius 2 is 2.12 bits per heavy atom. The van der Waals surface area contributed by atoms with Crippen LogP contribution in [0.25, 0.3) is 0 Å². The van der Waals surface area contributed by atoms with Gasteiger partial charge in [-0.15, -0.1) is 6.58 Å². The molecule has 0 fully saturated rings. The maximum absolute atomic E-state index is 13.2. The highest BCUT2D eigenvalue weighted by Crippen LogP contribution is 2.26. The van der Waals surface area contributed by atoms with Crippen LogP contribution in [0.1, 0.15) is 15.9 Å². The third-order valence-corrected chi connectivity index (χ3v) is 2.12. The van der Waals surface area contributed by atoms with Crippen molar-refractivity contribution >= 4 is 5.97 Å². The van der Waals surface area contributed by atoms with Crippen LogP contribution in [0.3, 0.4) is 0 Å². The molecule has 0 bridgehead atoms. The Labute approximate surface area is 98.8 Å². The first kappa shape index (κ1) is 13.0. The van der Waals surface area contributed by atoms with Gasteiger partial charge in [0.15, 0.2) is 11.6 Å². The second-order valence-corrected chi connectivity index (χ2v) is 3.31. The lowest BCUT2D eigenvalue weighted by Crippen LogP contribution is -2.09. The molecule has 0 aliphatic carbocycles. The molecule has 0 aromatic heterocycles. The molecule has 0 spiro atoms. The first-order chi connectivity index (χ1) is 8.11. The monoisotopic (exact) mass is 236 g/mol. The van der Waals surface area contributed by atoms with Crippen molar-refractivity contribution in [3.8, 4) is 5.75 Å². The summed E-state index contributed by atoms with van der Waals surface area (Å²) in [5.74, 6) is -2.33. The van der Waals surface area contributed by atoms with Crippen molar-refractivity contribution in [2.45, 2.75) is 6.42 Å². The number of phenolic OH excluding ortho intramolecular Hbond substituents is 1. The van der Waals surface area contributed by atoms with Gasteiger partial charge in [0, 0.05) is 0 Å². The molecule has 4 heteroatoms. The van der Waals surface area contributed by atoms with Crippen molar-refractivity contribution in [3.05, 3.63) is 54.4 Å². The van der Waals surface area contributed by atoms with E-state index in [4.69, 9.17) is 4.74 Å². The third-order valence-electron chi connectivity index (χ3n) is 2.12. The fourth-order valence-electron chi connectivity index (χ4n) is 1.37. The number of allylic oxidation sites excluding steroid dienone is 1. The molecule has 0 unspecified atom stereocenters. The van der Waals surface area contributed by atoms with Crippen molar-refractivity contribution in [2.75, 3.05) is 6.61 Å². The average molecular weight is 236 g/mol. The van der Waals surface area contributed by atoms with Crippen LogP contribution in [0.15, 0.2) is 37.4 Å². The van der Waals surface area contributed by atoms with Gasteiger partial charge in [0.1, 0.15) is 12.2 Å². The normalized spacial score (nSPS) is 9.71. The van der Waals surface area contributed by atoms with Crippen molar-refractivity contribution in [3.63, 3.8) is 0 Å². The highest BCUT2D eigenvalue weighted by molar-refractivity contribution is 5.94. The third kappa shape index (κ3) is 2.93. The number of hydrogen-bond donors (Lipinski definition) is 1. The zero-order valence-corrected chi connectivity index (χ0v) is 9.28. The number of halogens is 1. The van der Waals surface area contributed by atoms with E-state index < -0.39 is 17.5 Å². The zero-order valence-electron chi connectivity index (χ0n) is 9.28. The minimum atomic E-state index is -0.858. The predicted molar refractivity (Wildman–Crippen MR) is 62.4 cm³/mol. The van der Waals surface area contributed by atoms with E-state index in [0.717, 1.165) is 6.07 Å². The summed E-state index contributed by atoms with van der Waals surface area (Å²) >= 11 is 0. The largest absolute Gasteiger partial charge is 0.504 e. The number of esters is 1. The van der Waals surface area contributed by atoms with Gasteiger partial charge in [-0.3, -0.25) is 0 Å². The minimum Gasteiger partial charge on any atom is -0.504 e. The standard InChI is InChI=1S/C13H13FO3/c1-3-5-9-6-7-10(14)12(15)11(9)13(16)17-8-4-2/h3-4,6-7,15H,1-2,5,8H2. The summed E-state index contributed by atoms with van der Waals surface area (Å²) in [5.41, 5.74) is 0.305. The molecule has 0 saturated heterocycles. The van der Waals surface area contributed by atoms with Gasteiger partial charge in [-0.05, 0) is 18.1 Å². The molecule has 0 aliphatic rings. The number of ether oxygens (including phenoxy) is 1. The van der Waals surface area contributed by atoms with Crippen molar-refractivity contribution < 1.29 is 19.0 Å². The maximum atomic E-state index is 13.2. The van der Waals surface area contributed by atoms with Crippen LogP contribution in [0, 0.1) is 5.82 Å². The van der Waals surface area contributed by atoms with Crippen LogP contribution in [0.5, 0.6) is 5.75 Å². The Morgan fingerprint density at radius 3 is 2.71 bits per heavy atom. The molecule has 0 amide bonds. The van der Waals surface area contributed by atoms with Crippen LogP contribution in [0.2, 0.25) is 0 Å². The van der Waals surface area contributed by atoms with Gasteiger partial charge in [-0.25, -0.2) is 9.18 Å². The summed E-state index contributed by atoms with van der Waals surface area (Å²) in [7, 11) is 0. The summed E-state index contributed by atoms with van der Waals surface area (Å²) in [4.78, 5) is 11.6. The van der Waals surface area contributed by atoms with Crippen molar-refractivity contribution in [1.29, 1.82) is 0 Å². The van der Waals surface area contributed by atoms with E-state index >= 15 is 0 Å². The Kier molecular flexibility index (Phi) is 4.46. The van der Waals surface area contributed by atoms with Crippen LogP contribution < -0.4 is 0 Å². The molecule has 0 aliphatic heterocycles. The van der Waals surface area contributed by atoms with Crippen LogP contribution in [0.4, 0.5) is 4.39 Å². The van der Waals surface area contributed by atoms with Gasteiger partial charge < -0.3 is 9.84 Å². The summed E-state index contributed by atoms with van der Waals surface area (Å²) < 4.78 is 18.0.